The van der Waals surface area contributed by atoms with Crippen LogP contribution in [0.25, 0.3) is 11.1 Å². The number of unbranched alkanes of at least 4 members (excludes halogenated alkanes) is 1. The zero-order valence-electron chi connectivity index (χ0n) is 23.1. The van der Waals surface area contributed by atoms with Crippen molar-refractivity contribution in [1.29, 1.82) is 0 Å². The molecule has 7 nitrogen and oxygen atoms in total. The highest BCUT2D eigenvalue weighted by Crippen LogP contribution is 2.46. The van der Waals surface area contributed by atoms with Crippen molar-refractivity contribution in [2.24, 2.45) is 0 Å². The van der Waals surface area contributed by atoms with Crippen LogP contribution >= 0.6 is 11.8 Å². The smallest absolute Gasteiger partial charge is 0.342 e. The van der Waals surface area contributed by atoms with Crippen LogP contribution in [0, 0.1) is 6.92 Å². The summed E-state index contributed by atoms with van der Waals surface area (Å²) in [6.45, 7) is 11.1. The maximum atomic E-state index is 13.1. The third kappa shape index (κ3) is 6.96. The Balaban J connectivity index is 1.33. The summed E-state index contributed by atoms with van der Waals surface area (Å²) < 4.78 is 15.8. The molecule has 8 heteroatoms. The van der Waals surface area contributed by atoms with Gasteiger partial charge in [-0.2, -0.15) is 0 Å². The second-order valence-corrected chi connectivity index (χ2v) is 10.7. The molecule has 4 rings (SSSR count). The van der Waals surface area contributed by atoms with Gasteiger partial charge < -0.3 is 19.3 Å². The van der Waals surface area contributed by atoms with E-state index < -0.39 is 18.5 Å². The standard InChI is InChI=1S/C33H32O7S/c1-5-38-32(36)23-8-11-26-27-12-10-25(18-29(27)22(4)28(26)17-23)41-33(37)24-9-13-30(20(2)16-24)39-14-6-7-15-40-31(35)21(3)19-34/h5,8-13,16-18,22,34H,1,3,6-7,14-15,19H2,2,4H3. The Hall–Kier alpha value is -4.14. The number of aliphatic hydroxyl groups excluding tert-OH is 1. The van der Waals surface area contributed by atoms with Crippen LogP contribution in [0.15, 0.2) is 84.5 Å². The van der Waals surface area contributed by atoms with Crippen LogP contribution in [0.1, 0.15) is 63.1 Å². The minimum atomic E-state index is -0.594. The van der Waals surface area contributed by atoms with Crippen molar-refractivity contribution in [3.8, 4) is 16.9 Å². The van der Waals surface area contributed by atoms with Crippen molar-refractivity contribution in [3.63, 3.8) is 0 Å². The number of rotatable bonds is 12. The highest BCUT2D eigenvalue weighted by atomic mass is 32.2. The number of hydrogen-bond donors (Lipinski definition) is 1. The molecule has 1 N–H and O–H groups in total. The topological polar surface area (TPSA) is 99.1 Å². The van der Waals surface area contributed by atoms with Gasteiger partial charge in [0, 0.05) is 16.4 Å². The fourth-order valence-corrected chi connectivity index (χ4v) is 5.42. The molecule has 0 fully saturated rings. The molecular formula is C33H32O7S. The van der Waals surface area contributed by atoms with Crippen molar-refractivity contribution in [2.75, 3.05) is 19.8 Å². The Morgan fingerprint density at radius 1 is 0.951 bits per heavy atom. The Morgan fingerprint density at radius 2 is 1.63 bits per heavy atom. The van der Waals surface area contributed by atoms with Crippen molar-refractivity contribution in [1.82, 2.24) is 0 Å². The Labute approximate surface area is 243 Å². The lowest BCUT2D eigenvalue weighted by Crippen LogP contribution is -2.11. The summed E-state index contributed by atoms with van der Waals surface area (Å²) in [6, 6.07) is 17.0. The quantitative estimate of drug-likeness (QED) is 0.0851. The first-order valence-corrected chi connectivity index (χ1v) is 14.1. The predicted molar refractivity (Wildman–Crippen MR) is 158 cm³/mol. The van der Waals surface area contributed by atoms with E-state index >= 15 is 0 Å². The molecule has 0 bridgehead atoms. The van der Waals surface area contributed by atoms with E-state index in [4.69, 9.17) is 19.3 Å². The van der Waals surface area contributed by atoms with Crippen LogP contribution in [0.4, 0.5) is 0 Å². The van der Waals surface area contributed by atoms with Crippen LogP contribution in [0.5, 0.6) is 5.75 Å². The lowest BCUT2D eigenvalue weighted by atomic mass is 9.98. The van der Waals surface area contributed by atoms with Gasteiger partial charge in [-0.1, -0.05) is 32.2 Å². The Kier molecular flexibility index (Phi) is 9.81. The molecule has 0 saturated carbocycles. The number of thioether (sulfide) groups is 1. The second kappa shape index (κ2) is 13.5. The molecule has 0 spiro atoms. The highest BCUT2D eigenvalue weighted by Gasteiger charge is 2.27. The van der Waals surface area contributed by atoms with Gasteiger partial charge in [0.1, 0.15) is 5.75 Å². The van der Waals surface area contributed by atoms with Crippen molar-refractivity contribution in [2.45, 2.75) is 37.5 Å². The largest absolute Gasteiger partial charge is 0.493 e. The maximum absolute atomic E-state index is 13.1. The third-order valence-electron chi connectivity index (χ3n) is 6.85. The zero-order valence-corrected chi connectivity index (χ0v) is 23.9. The van der Waals surface area contributed by atoms with E-state index in [-0.39, 0.29) is 23.2 Å². The van der Waals surface area contributed by atoms with Gasteiger partial charge in [-0.25, -0.2) is 9.59 Å². The van der Waals surface area contributed by atoms with Gasteiger partial charge in [0.2, 0.25) is 5.12 Å². The molecule has 0 amide bonds. The number of benzene rings is 3. The molecule has 41 heavy (non-hydrogen) atoms. The van der Waals surface area contributed by atoms with Crippen LogP contribution in [0.2, 0.25) is 0 Å². The van der Waals surface area contributed by atoms with Crippen molar-refractivity contribution < 1.29 is 33.7 Å². The van der Waals surface area contributed by atoms with Crippen LogP contribution < -0.4 is 4.74 Å². The fourth-order valence-electron chi connectivity index (χ4n) is 4.63. The van der Waals surface area contributed by atoms with Gasteiger partial charge in [0.25, 0.3) is 0 Å². The average molecular weight is 573 g/mol. The van der Waals surface area contributed by atoms with E-state index in [0.717, 1.165) is 39.0 Å². The molecule has 1 atom stereocenters. The van der Waals surface area contributed by atoms with Gasteiger partial charge in [-0.05, 0) is 102 Å². The molecule has 0 radical (unpaired) electrons. The molecular weight excluding hydrogens is 540 g/mol. The summed E-state index contributed by atoms with van der Waals surface area (Å²) in [4.78, 5) is 37.6. The van der Waals surface area contributed by atoms with Crippen molar-refractivity contribution >= 4 is 28.8 Å². The van der Waals surface area contributed by atoms with E-state index in [1.807, 2.05) is 43.3 Å². The molecule has 1 unspecified atom stereocenters. The number of aryl methyl sites for hydroxylation is 1. The molecule has 1 aliphatic carbocycles. The SMILES string of the molecule is C=COC(=O)c1ccc2c(c1)C(C)c1cc(SC(=O)c3ccc(OCCCCOC(=O)C(=C)CO)c(C)c3)ccc1-2. The molecule has 0 heterocycles. The number of esters is 2. The van der Waals surface area contributed by atoms with E-state index in [9.17, 15) is 14.4 Å². The normalized spacial score (nSPS) is 13.1. The van der Waals surface area contributed by atoms with Gasteiger partial charge in [0.05, 0.1) is 37.2 Å². The van der Waals surface area contributed by atoms with Gasteiger partial charge in [-0.15, -0.1) is 0 Å². The first-order chi connectivity index (χ1) is 19.7. The van der Waals surface area contributed by atoms with E-state index in [1.54, 1.807) is 18.2 Å². The highest BCUT2D eigenvalue weighted by molar-refractivity contribution is 8.14. The lowest BCUT2D eigenvalue weighted by Gasteiger charge is -2.11. The summed E-state index contributed by atoms with van der Waals surface area (Å²) in [5.74, 6) is -0.275. The van der Waals surface area contributed by atoms with Crippen LogP contribution in [-0.4, -0.2) is 42.0 Å². The summed E-state index contributed by atoms with van der Waals surface area (Å²) in [5.41, 5.74) is 6.27. The average Bonchev–Trinajstić information content (AvgIpc) is 3.25. The molecule has 1 aliphatic rings. The predicted octanol–water partition coefficient (Wildman–Crippen LogP) is 6.61. The van der Waals surface area contributed by atoms with Gasteiger partial charge in [0.15, 0.2) is 0 Å². The van der Waals surface area contributed by atoms with Crippen molar-refractivity contribution in [3.05, 3.63) is 107 Å². The number of hydrogen-bond acceptors (Lipinski definition) is 8. The molecule has 0 saturated heterocycles. The molecule has 0 aliphatic heterocycles. The van der Waals surface area contributed by atoms with E-state index in [1.165, 1.54) is 11.8 Å². The summed E-state index contributed by atoms with van der Waals surface area (Å²) in [6.07, 6.45) is 2.42. The first-order valence-electron chi connectivity index (χ1n) is 13.2. The second-order valence-electron chi connectivity index (χ2n) is 9.67. The van der Waals surface area contributed by atoms with Gasteiger partial charge in [-0.3, -0.25) is 4.79 Å². The maximum Gasteiger partial charge on any atom is 0.342 e. The van der Waals surface area contributed by atoms with E-state index in [2.05, 4.69) is 20.1 Å². The Bertz CT molecular complexity index is 1510. The summed E-state index contributed by atoms with van der Waals surface area (Å²) >= 11 is 1.18. The lowest BCUT2D eigenvalue weighted by molar-refractivity contribution is -0.139. The fraction of sp³-hybridized carbons (Fsp3) is 0.242. The minimum absolute atomic E-state index is 0.0317. The zero-order chi connectivity index (χ0) is 29.5. The molecule has 0 aromatic heterocycles. The van der Waals surface area contributed by atoms with Gasteiger partial charge >= 0.3 is 11.9 Å². The third-order valence-corrected chi connectivity index (χ3v) is 7.76. The number of carbonyl (C=O) groups excluding carboxylic acids is 3. The number of ether oxygens (including phenoxy) is 3. The Morgan fingerprint density at radius 3 is 2.34 bits per heavy atom. The van der Waals surface area contributed by atoms with Crippen LogP contribution in [0.3, 0.4) is 0 Å². The minimum Gasteiger partial charge on any atom is -0.493 e. The molecule has 212 valence electrons. The number of carbonyl (C=O) groups is 3. The molecule has 3 aromatic rings. The van der Waals surface area contributed by atoms with E-state index in [0.29, 0.717) is 36.3 Å². The van der Waals surface area contributed by atoms with Crippen LogP contribution in [-0.2, 0) is 14.3 Å². The summed E-state index contributed by atoms with van der Waals surface area (Å²) in [5, 5.41) is 8.81. The molecule has 3 aromatic carbocycles. The number of fused-ring (bicyclic) bond motifs is 3. The monoisotopic (exact) mass is 572 g/mol. The number of aliphatic hydroxyl groups is 1. The summed E-state index contributed by atoms with van der Waals surface area (Å²) in [7, 11) is 0. The first kappa shape index (κ1) is 29.8.